The Balaban J connectivity index is 2.32. The van der Waals surface area contributed by atoms with E-state index in [1.54, 1.807) is 6.92 Å². The molecular formula is C12H9Cl2N2O4S2-. The Bertz CT molecular complexity index is 810. The van der Waals surface area contributed by atoms with Gasteiger partial charge in [0.2, 0.25) is 0 Å². The number of carbonyl (C=O) groups is 1. The molecule has 0 amide bonds. The van der Waals surface area contributed by atoms with E-state index in [9.17, 15) is 18.3 Å². The number of nitrogens with one attached hydrogen (secondary N) is 1. The standard InChI is InChI=1S/C12H10Cl2N2O4S2/c1-6-2-7(13)3-9(14)11(6)22(19,20)16-12-15-5-8(21-12)4-10(17)18/h2-3,5H,4H2,1H3,(H,15,16)(H,17,18)/p-1. The summed E-state index contributed by atoms with van der Waals surface area (Å²) in [6.45, 7) is 1.57. The second-order valence-corrected chi connectivity index (χ2v) is 7.90. The maximum atomic E-state index is 12.4. The Labute approximate surface area is 140 Å². The van der Waals surface area contributed by atoms with E-state index in [1.165, 1.54) is 18.3 Å². The van der Waals surface area contributed by atoms with Crippen LogP contribution in [0.15, 0.2) is 23.2 Å². The molecule has 0 aliphatic rings. The van der Waals surface area contributed by atoms with Crippen molar-refractivity contribution in [2.75, 3.05) is 4.72 Å². The third-order valence-electron chi connectivity index (χ3n) is 2.56. The number of aliphatic carboxylic acids is 1. The lowest BCUT2D eigenvalue weighted by atomic mass is 10.2. The zero-order chi connectivity index (χ0) is 16.5. The third-order valence-corrected chi connectivity index (χ3v) is 5.77. The number of aromatic nitrogens is 1. The summed E-state index contributed by atoms with van der Waals surface area (Å²) >= 11 is 12.7. The molecule has 2 aromatic rings. The number of carboxylic acid groups (broad SMARTS) is 1. The molecule has 1 heterocycles. The van der Waals surface area contributed by atoms with Crippen LogP contribution in [0.4, 0.5) is 5.13 Å². The maximum absolute atomic E-state index is 12.4. The highest BCUT2D eigenvalue weighted by atomic mass is 35.5. The van der Waals surface area contributed by atoms with E-state index in [0.29, 0.717) is 15.5 Å². The summed E-state index contributed by atoms with van der Waals surface area (Å²) in [5.41, 5.74) is 0.386. The molecule has 0 bridgehead atoms. The summed E-state index contributed by atoms with van der Waals surface area (Å²) in [5, 5.41) is 10.9. The monoisotopic (exact) mass is 379 g/mol. The van der Waals surface area contributed by atoms with Crippen LogP contribution >= 0.6 is 34.5 Å². The van der Waals surface area contributed by atoms with Crippen LogP contribution in [0.5, 0.6) is 0 Å². The van der Waals surface area contributed by atoms with Crippen LogP contribution in [-0.4, -0.2) is 19.4 Å². The topological polar surface area (TPSA) is 99.2 Å². The van der Waals surface area contributed by atoms with Gasteiger partial charge in [-0.2, -0.15) is 0 Å². The van der Waals surface area contributed by atoms with Crippen molar-refractivity contribution >= 4 is 55.7 Å². The molecule has 1 N–H and O–H groups in total. The summed E-state index contributed by atoms with van der Waals surface area (Å²) in [5.74, 6) is -1.27. The van der Waals surface area contributed by atoms with Crippen molar-refractivity contribution in [1.29, 1.82) is 0 Å². The predicted molar refractivity (Wildman–Crippen MR) is 82.8 cm³/mol. The van der Waals surface area contributed by atoms with E-state index in [4.69, 9.17) is 23.2 Å². The van der Waals surface area contributed by atoms with E-state index >= 15 is 0 Å². The first-order valence-electron chi connectivity index (χ1n) is 5.82. The lowest BCUT2D eigenvalue weighted by Crippen LogP contribution is -2.23. The number of benzene rings is 1. The largest absolute Gasteiger partial charge is 0.550 e. The first kappa shape index (κ1) is 17.0. The second-order valence-electron chi connectivity index (χ2n) is 4.32. The van der Waals surface area contributed by atoms with Gasteiger partial charge in [-0.25, -0.2) is 13.4 Å². The first-order valence-corrected chi connectivity index (χ1v) is 8.87. The molecular weight excluding hydrogens is 371 g/mol. The average molecular weight is 380 g/mol. The molecule has 0 unspecified atom stereocenters. The van der Waals surface area contributed by atoms with Gasteiger partial charge in [-0.3, -0.25) is 4.72 Å². The Morgan fingerprint density at radius 3 is 2.68 bits per heavy atom. The molecule has 1 aromatic carbocycles. The number of nitrogens with zero attached hydrogens (tertiary/aromatic N) is 1. The van der Waals surface area contributed by atoms with Crippen molar-refractivity contribution in [3.05, 3.63) is 38.8 Å². The Morgan fingerprint density at radius 2 is 2.09 bits per heavy atom. The molecule has 0 saturated heterocycles. The van der Waals surface area contributed by atoms with Gasteiger partial charge in [0.15, 0.2) is 5.13 Å². The van der Waals surface area contributed by atoms with E-state index in [0.717, 1.165) is 11.3 Å². The predicted octanol–water partition coefficient (Wildman–Crippen LogP) is 1.85. The van der Waals surface area contributed by atoms with Gasteiger partial charge in [-0.1, -0.05) is 23.2 Å². The van der Waals surface area contributed by atoms with Gasteiger partial charge in [0.05, 0.1) is 5.02 Å². The molecule has 1 aromatic heterocycles. The fourth-order valence-electron chi connectivity index (χ4n) is 1.77. The van der Waals surface area contributed by atoms with Crippen molar-refractivity contribution in [3.63, 3.8) is 0 Å². The Kier molecular flexibility index (Phi) is 4.96. The average Bonchev–Trinajstić information content (AvgIpc) is 2.72. The summed E-state index contributed by atoms with van der Waals surface area (Å²) in [6.07, 6.45) is 0.939. The van der Waals surface area contributed by atoms with Crippen LogP contribution in [-0.2, 0) is 21.2 Å². The fourth-order valence-corrected chi connectivity index (χ4v) is 5.00. The van der Waals surface area contributed by atoms with Crippen molar-refractivity contribution < 1.29 is 18.3 Å². The van der Waals surface area contributed by atoms with E-state index in [-0.39, 0.29) is 21.5 Å². The van der Waals surface area contributed by atoms with Crippen LogP contribution in [0.1, 0.15) is 10.4 Å². The summed E-state index contributed by atoms with van der Waals surface area (Å²) in [4.78, 5) is 14.6. The zero-order valence-electron chi connectivity index (χ0n) is 11.1. The lowest BCUT2D eigenvalue weighted by Gasteiger charge is -2.10. The summed E-state index contributed by atoms with van der Waals surface area (Å²) in [7, 11) is -3.96. The third kappa shape index (κ3) is 3.89. The number of anilines is 1. The fraction of sp³-hybridized carbons (Fsp3) is 0.167. The zero-order valence-corrected chi connectivity index (χ0v) is 14.2. The number of thiazole rings is 1. The van der Waals surface area contributed by atoms with Gasteiger partial charge in [-0.05, 0) is 24.6 Å². The number of sulfonamides is 1. The van der Waals surface area contributed by atoms with Gasteiger partial charge in [0.1, 0.15) is 4.90 Å². The SMILES string of the molecule is Cc1cc(Cl)cc(Cl)c1S(=O)(=O)Nc1ncc(CC(=O)[O-])s1. The summed E-state index contributed by atoms with van der Waals surface area (Å²) < 4.78 is 27.0. The molecule has 10 heteroatoms. The van der Waals surface area contributed by atoms with Gasteiger partial charge in [0.25, 0.3) is 10.0 Å². The van der Waals surface area contributed by atoms with Gasteiger partial charge in [0, 0.05) is 28.5 Å². The maximum Gasteiger partial charge on any atom is 0.265 e. The van der Waals surface area contributed by atoms with Crippen LogP contribution < -0.4 is 9.83 Å². The van der Waals surface area contributed by atoms with Crippen LogP contribution in [0, 0.1) is 6.92 Å². The smallest absolute Gasteiger partial charge is 0.265 e. The van der Waals surface area contributed by atoms with Crippen LogP contribution in [0.2, 0.25) is 10.0 Å². The molecule has 0 aliphatic heterocycles. The molecule has 0 fully saturated rings. The minimum atomic E-state index is -3.96. The molecule has 2 rings (SSSR count). The molecule has 118 valence electrons. The lowest BCUT2D eigenvalue weighted by molar-refractivity contribution is -0.304. The quantitative estimate of drug-likeness (QED) is 0.854. The highest BCUT2D eigenvalue weighted by Crippen LogP contribution is 2.31. The van der Waals surface area contributed by atoms with E-state index in [2.05, 4.69) is 9.71 Å². The minimum absolute atomic E-state index is 0.0102. The van der Waals surface area contributed by atoms with E-state index < -0.39 is 16.0 Å². The van der Waals surface area contributed by atoms with Crippen molar-refractivity contribution in [2.24, 2.45) is 0 Å². The Hall–Kier alpha value is -1.35. The number of aryl methyl sites for hydroxylation is 1. The van der Waals surface area contributed by atoms with Gasteiger partial charge >= 0.3 is 0 Å². The van der Waals surface area contributed by atoms with Crippen LogP contribution in [0.25, 0.3) is 0 Å². The summed E-state index contributed by atoms with van der Waals surface area (Å²) in [6, 6.07) is 2.80. The van der Waals surface area contributed by atoms with Crippen LogP contribution in [0.3, 0.4) is 0 Å². The minimum Gasteiger partial charge on any atom is -0.550 e. The van der Waals surface area contributed by atoms with Crippen molar-refractivity contribution in [3.8, 4) is 0 Å². The number of carbonyl (C=O) groups excluding carboxylic acids is 1. The van der Waals surface area contributed by atoms with Crippen molar-refractivity contribution in [2.45, 2.75) is 18.2 Å². The number of hydrogen-bond acceptors (Lipinski definition) is 6. The molecule has 0 spiro atoms. The number of rotatable bonds is 5. The molecule has 0 saturated carbocycles. The van der Waals surface area contributed by atoms with E-state index in [1.807, 2.05) is 0 Å². The molecule has 0 aliphatic carbocycles. The molecule has 22 heavy (non-hydrogen) atoms. The Morgan fingerprint density at radius 1 is 1.41 bits per heavy atom. The molecule has 0 atom stereocenters. The van der Waals surface area contributed by atoms with Gasteiger partial charge < -0.3 is 9.90 Å². The van der Waals surface area contributed by atoms with Gasteiger partial charge in [-0.15, -0.1) is 11.3 Å². The second kappa shape index (κ2) is 6.41. The number of halogens is 2. The number of carboxylic acids is 1. The normalized spacial score (nSPS) is 11.4. The highest BCUT2D eigenvalue weighted by molar-refractivity contribution is 7.93. The molecule has 6 nitrogen and oxygen atoms in total. The van der Waals surface area contributed by atoms with Crippen molar-refractivity contribution in [1.82, 2.24) is 4.98 Å². The number of hydrogen-bond donors (Lipinski definition) is 1. The highest BCUT2D eigenvalue weighted by Gasteiger charge is 2.22. The first-order chi connectivity index (χ1) is 10.2. The molecule has 0 radical (unpaired) electrons.